The number of halogens is 4. The fourth-order valence-corrected chi connectivity index (χ4v) is 4.19. The first kappa shape index (κ1) is 23.8. The molecular weight excluding hydrogens is 469 g/mol. The third kappa shape index (κ3) is 6.54. The van der Waals surface area contributed by atoms with E-state index in [0.717, 1.165) is 32.6 Å². The van der Waals surface area contributed by atoms with E-state index in [0.29, 0.717) is 22.8 Å². The van der Waals surface area contributed by atoms with E-state index in [1.54, 1.807) is 18.5 Å². The minimum atomic E-state index is 0.0393. The summed E-state index contributed by atoms with van der Waals surface area (Å²) in [5.74, 6) is 0.937. The Hall–Kier alpha value is -1.91. The quantitative estimate of drug-likeness (QED) is 0.284. The highest BCUT2D eigenvalue weighted by Crippen LogP contribution is 2.35. The zero-order chi connectivity index (χ0) is 22.2. The summed E-state index contributed by atoms with van der Waals surface area (Å²) in [6.45, 7) is 0. The largest absolute Gasteiger partial charge is 0.348 e. The predicted molar refractivity (Wildman–Crippen MR) is 133 cm³/mol. The van der Waals surface area contributed by atoms with Gasteiger partial charge in [0.05, 0.1) is 7.85 Å². The van der Waals surface area contributed by atoms with Crippen LogP contribution in [0.25, 0.3) is 0 Å². The van der Waals surface area contributed by atoms with Crippen molar-refractivity contribution in [3.63, 3.8) is 0 Å². The predicted octanol–water partition coefficient (Wildman–Crippen LogP) is 8.02. The number of aromatic nitrogens is 2. The first-order chi connectivity index (χ1) is 15.0. The molecule has 2 radical (unpaired) electrons. The number of rotatable bonds is 5. The van der Waals surface area contributed by atoms with Crippen LogP contribution in [0.5, 0.6) is 0 Å². The molecule has 0 spiro atoms. The highest BCUT2D eigenvalue weighted by atomic mass is 35.5. The topological polar surface area (TPSA) is 28.7 Å². The molecule has 0 aliphatic rings. The van der Waals surface area contributed by atoms with Crippen LogP contribution in [0.15, 0.2) is 79.1 Å². The Balaban J connectivity index is 0.000000179. The van der Waals surface area contributed by atoms with E-state index >= 15 is 0 Å². The van der Waals surface area contributed by atoms with E-state index in [9.17, 15) is 0 Å². The van der Waals surface area contributed by atoms with E-state index < -0.39 is 0 Å². The summed E-state index contributed by atoms with van der Waals surface area (Å²) in [4.78, 5) is 7.15. The highest BCUT2D eigenvalue weighted by molar-refractivity contribution is 6.35. The molecule has 4 rings (SSSR count). The summed E-state index contributed by atoms with van der Waals surface area (Å²) in [5.41, 5.74) is 3.06. The Labute approximate surface area is 203 Å². The average molecular weight is 488 g/mol. The van der Waals surface area contributed by atoms with Crippen molar-refractivity contribution in [1.82, 2.24) is 9.97 Å². The Morgan fingerprint density at radius 2 is 1.42 bits per heavy atom. The van der Waals surface area contributed by atoms with Gasteiger partial charge in [-0.1, -0.05) is 95.2 Å². The number of H-pyrrole nitrogens is 1. The second-order valence-corrected chi connectivity index (χ2v) is 8.44. The van der Waals surface area contributed by atoms with Crippen LogP contribution in [-0.2, 0) is 6.42 Å². The Bertz CT molecular complexity index is 1070. The average Bonchev–Trinajstić information content (AvgIpc) is 3.27. The van der Waals surface area contributed by atoms with Crippen molar-refractivity contribution >= 4 is 54.3 Å². The number of benzene rings is 3. The maximum Gasteiger partial charge on any atom is 0.110 e. The Morgan fingerprint density at radius 1 is 0.806 bits per heavy atom. The highest BCUT2D eigenvalue weighted by Gasteiger charge is 2.16. The summed E-state index contributed by atoms with van der Waals surface area (Å²) in [7, 11) is 5.86. The van der Waals surface area contributed by atoms with Crippen LogP contribution in [0.1, 0.15) is 28.4 Å². The monoisotopic (exact) mass is 486 g/mol. The summed E-state index contributed by atoms with van der Waals surface area (Å²) < 4.78 is 0. The van der Waals surface area contributed by atoms with Crippen LogP contribution >= 0.6 is 46.4 Å². The third-order valence-electron chi connectivity index (χ3n) is 4.72. The molecule has 1 heterocycles. The Kier molecular flexibility index (Phi) is 8.92. The summed E-state index contributed by atoms with van der Waals surface area (Å²) >= 11 is 24.2. The number of nitrogens with one attached hydrogen (secondary N) is 1. The molecule has 0 amide bonds. The standard InChI is InChI=1S/C14H11BCl2.C10H8Cl2N2/c15-9-12(10-5-1-3-7-13(10)16)11-6-2-4-8-14(11)17;11-8-2-1-7(9(12)6-8)5-10-13-3-4-14-10/h1-8,12H,9H2;1-4,6H,5H2,(H,13,14). The van der Waals surface area contributed by atoms with Crippen LogP contribution in [0.3, 0.4) is 0 Å². The second kappa shape index (κ2) is 11.6. The molecule has 2 nitrogen and oxygen atoms in total. The molecule has 0 aliphatic carbocycles. The number of nitrogens with zero attached hydrogens (tertiary/aromatic N) is 1. The van der Waals surface area contributed by atoms with Crippen LogP contribution in [-0.4, -0.2) is 17.8 Å². The van der Waals surface area contributed by atoms with Crippen LogP contribution < -0.4 is 0 Å². The Morgan fingerprint density at radius 3 is 1.90 bits per heavy atom. The van der Waals surface area contributed by atoms with Gasteiger partial charge >= 0.3 is 0 Å². The van der Waals surface area contributed by atoms with Crippen LogP contribution in [0, 0.1) is 0 Å². The number of imidazole rings is 1. The van der Waals surface area contributed by atoms with E-state index in [2.05, 4.69) is 9.97 Å². The van der Waals surface area contributed by atoms with Gasteiger partial charge in [-0.15, -0.1) is 0 Å². The van der Waals surface area contributed by atoms with Gasteiger partial charge in [0.15, 0.2) is 0 Å². The maximum atomic E-state index is 6.20. The zero-order valence-corrected chi connectivity index (χ0v) is 19.6. The molecule has 3 aromatic carbocycles. The number of aromatic amines is 1. The van der Waals surface area contributed by atoms with Crippen molar-refractivity contribution in [1.29, 1.82) is 0 Å². The van der Waals surface area contributed by atoms with Crippen molar-refractivity contribution in [3.8, 4) is 0 Å². The zero-order valence-electron chi connectivity index (χ0n) is 16.5. The van der Waals surface area contributed by atoms with Crippen LogP contribution in [0.2, 0.25) is 26.4 Å². The minimum Gasteiger partial charge on any atom is -0.348 e. The van der Waals surface area contributed by atoms with E-state index in [1.165, 1.54) is 0 Å². The first-order valence-electron chi connectivity index (χ1n) is 9.60. The van der Waals surface area contributed by atoms with Gasteiger partial charge in [-0.2, -0.15) is 0 Å². The fraction of sp³-hybridized carbons (Fsp3) is 0.125. The lowest BCUT2D eigenvalue weighted by Gasteiger charge is -2.18. The fourth-order valence-electron chi connectivity index (χ4n) is 3.18. The lowest BCUT2D eigenvalue weighted by molar-refractivity contribution is 0.920. The van der Waals surface area contributed by atoms with Gasteiger partial charge in [0.2, 0.25) is 0 Å². The molecule has 4 aromatic rings. The number of hydrogen-bond acceptors (Lipinski definition) is 1. The van der Waals surface area contributed by atoms with Gasteiger partial charge in [-0.25, -0.2) is 4.98 Å². The van der Waals surface area contributed by atoms with Crippen molar-refractivity contribution in [3.05, 3.63) is 122 Å². The molecule has 0 fully saturated rings. The molecular formula is C24H19BCl4N2. The van der Waals surface area contributed by atoms with Gasteiger partial charge in [-0.05, 0) is 41.0 Å². The first-order valence-corrected chi connectivity index (χ1v) is 11.1. The normalized spacial score (nSPS) is 10.6. The molecule has 0 unspecified atom stereocenters. The van der Waals surface area contributed by atoms with E-state index in [-0.39, 0.29) is 5.92 Å². The SMILES string of the molecule is Clc1ccc(Cc2ncc[nH]2)c(Cl)c1.[B]CC(c1ccccc1Cl)c1ccccc1Cl. The maximum absolute atomic E-state index is 6.20. The van der Waals surface area contributed by atoms with Crippen molar-refractivity contribution < 1.29 is 0 Å². The lowest BCUT2D eigenvalue weighted by atomic mass is 9.81. The molecule has 0 atom stereocenters. The molecule has 0 bridgehead atoms. The smallest absolute Gasteiger partial charge is 0.110 e. The molecule has 7 heteroatoms. The molecule has 0 saturated carbocycles. The summed E-state index contributed by atoms with van der Waals surface area (Å²) in [6, 6.07) is 20.9. The summed E-state index contributed by atoms with van der Waals surface area (Å²) in [6.07, 6.45) is 4.69. The minimum absolute atomic E-state index is 0.0393. The molecule has 31 heavy (non-hydrogen) atoms. The molecule has 1 aromatic heterocycles. The second-order valence-electron chi connectivity index (χ2n) is 6.78. The van der Waals surface area contributed by atoms with Gasteiger partial charge in [0, 0.05) is 44.8 Å². The molecule has 1 N–H and O–H groups in total. The van der Waals surface area contributed by atoms with E-state index in [4.69, 9.17) is 54.3 Å². The van der Waals surface area contributed by atoms with Crippen molar-refractivity contribution in [2.75, 3.05) is 0 Å². The van der Waals surface area contributed by atoms with Gasteiger partial charge < -0.3 is 4.98 Å². The molecule has 0 aliphatic heterocycles. The van der Waals surface area contributed by atoms with Crippen LogP contribution in [0.4, 0.5) is 0 Å². The van der Waals surface area contributed by atoms with Gasteiger partial charge in [0.1, 0.15) is 5.82 Å². The van der Waals surface area contributed by atoms with Crippen molar-refractivity contribution in [2.45, 2.75) is 18.7 Å². The number of hydrogen-bond donors (Lipinski definition) is 1. The molecule has 0 saturated heterocycles. The lowest BCUT2D eigenvalue weighted by Crippen LogP contribution is -2.02. The molecule has 156 valence electrons. The van der Waals surface area contributed by atoms with E-state index in [1.807, 2.05) is 60.7 Å². The third-order valence-corrected chi connectivity index (χ3v) is 6.00. The van der Waals surface area contributed by atoms with Gasteiger partial charge in [-0.3, -0.25) is 0 Å². The van der Waals surface area contributed by atoms with Crippen molar-refractivity contribution in [2.24, 2.45) is 0 Å². The van der Waals surface area contributed by atoms with Gasteiger partial charge in [0.25, 0.3) is 0 Å². The summed E-state index contributed by atoms with van der Waals surface area (Å²) in [5, 5.41) is 2.78.